The molecule has 0 radical (unpaired) electrons. The molecule has 35 heavy (non-hydrogen) atoms. The molecular weight excluding hydrogens is 504 g/mol. The molecule has 1 saturated heterocycles. The Labute approximate surface area is 203 Å². The summed E-state index contributed by atoms with van der Waals surface area (Å²) in [6.07, 6.45) is 2.54. The predicted molar refractivity (Wildman–Crippen MR) is 126 cm³/mol. The van der Waals surface area contributed by atoms with Crippen LogP contribution in [-0.2, 0) is 24.8 Å². The summed E-state index contributed by atoms with van der Waals surface area (Å²) >= 11 is 0. The van der Waals surface area contributed by atoms with E-state index in [1.54, 1.807) is 0 Å². The Balaban J connectivity index is 1.55. The van der Waals surface area contributed by atoms with E-state index in [-0.39, 0.29) is 23.7 Å². The summed E-state index contributed by atoms with van der Waals surface area (Å²) in [6.45, 7) is 2.38. The first kappa shape index (κ1) is 26.8. The first-order chi connectivity index (χ1) is 16.4. The maximum Gasteiger partial charge on any atom is 0.243 e. The number of anilines is 1. The zero-order valence-electron chi connectivity index (χ0n) is 19.3. The minimum Gasteiger partial charge on any atom is -0.492 e. The molecule has 1 N–H and O–H groups in total. The lowest BCUT2D eigenvalue weighted by Gasteiger charge is -2.28. The lowest BCUT2D eigenvalue weighted by molar-refractivity contribution is -0.121. The lowest BCUT2D eigenvalue weighted by atomic mass is 10.2. The van der Waals surface area contributed by atoms with Crippen LogP contribution in [0.4, 0.5) is 14.5 Å². The average molecular weight is 532 g/mol. The van der Waals surface area contributed by atoms with Gasteiger partial charge in [-0.1, -0.05) is 0 Å². The first-order valence-electron chi connectivity index (χ1n) is 10.9. The number of ether oxygens (including phenoxy) is 1. The van der Waals surface area contributed by atoms with E-state index >= 15 is 0 Å². The maximum atomic E-state index is 13.6. The Hall–Kier alpha value is -2.77. The Bertz CT molecular complexity index is 1260. The number of carbonyl (C=O) groups is 1. The van der Waals surface area contributed by atoms with Gasteiger partial charge >= 0.3 is 0 Å². The van der Waals surface area contributed by atoms with Crippen molar-refractivity contribution in [2.45, 2.75) is 30.7 Å². The van der Waals surface area contributed by atoms with E-state index in [0.717, 1.165) is 31.2 Å². The van der Waals surface area contributed by atoms with Gasteiger partial charge in [-0.2, -0.15) is 4.31 Å². The second-order valence-corrected chi connectivity index (χ2v) is 11.9. The second-order valence-electron chi connectivity index (χ2n) is 8.06. The Morgan fingerprint density at radius 3 is 2.26 bits per heavy atom. The van der Waals surface area contributed by atoms with Crippen LogP contribution in [-0.4, -0.2) is 65.6 Å². The Morgan fingerprint density at radius 2 is 1.69 bits per heavy atom. The van der Waals surface area contributed by atoms with Crippen LogP contribution < -0.4 is 14.4 Å². The number of amides is 1. The van der Waals surface area contributed by atoms with Gasteiger partial charge in [-0.25, -0.2) is 25.6 Å². The van der Waals surface area contributed by atoms with Gasteiger partial charge in [0.25, 0.3) is 0 Å². The molecule has 9 nitrogen and oxygen atoms in total. The number of rotatable bonds is 10. The molecule has 2 aromatic carbocycles. The fourth-order valence-electron chi connectivity index (χ4n) is 3.71. The van der Waals surface area contributed by atoms with Crippen molar-refractivity contribution in [3.63, 3.8) is 0 Å². The predicted octanol–water partition coefficient (Wildman–Crippen LogP) is 2.10. The van der Waals surface area contributed by atoms with Gasteiger partial charge in [0, 0.05) is 19.2 Å². The first-order valence-corrected chi connectivity index (χ1v) is 14.2. The Morgan fingerprint density at radius 1 is 1.06 bits per heavy atom. The topological polar surface area (TPSA) is 113 Å². The van der Waals surface area contributed by atoms with Crippen molar-refractivity contribution >= 4 is 31.6 Å². The van der Waals surface area contributed by atoms with Gasteiger partial charge in [0.1, 0.15) is 18.4 Å². The van der Waals surface area contributed by atoms with Crippen LogP contribution in [0.5, 0.6) is 5.75 Å². The minimum atomic E-state index is -3.99. The highest BCUT2D eigenvalue weighted by atomic mass is 32.2. The number of hydrogen-bond acceptors (Lipinski definition) is 6. The molecule has 0 aromatic heterocycles. The molecule has 0 bridgehead atoms. The van der Waals surface area contributed by atoms with Crippen LogP contribution in [0.1, 0.15) is 19.8 Å². The molecular formula is C22H27F2N3O6S2. The number of benzene rings is 2. The number of carbonyl (C=O) groups excluding carboxylic acids is 1. The second kappa shape index (κ2) is 10.9. The zero-order valence-corrected chi connectivity index (χ0v) is 20.9. The van der Waals surface area contributed by atoms with Gasteiger partial charge in [-0.15, -0.1) is 0 Å². The molecule has 0 saturated carbocycles. The normalized spacial score (nSPS) is 15.5. The average Bonchev–Trinajstić information content (AvgIpc) is 3.34. The van der Waals surface area contributed by atoms with E-state index in [9.17, 15) is 30.4 Å². The van der Waals surface area contributed by atoms with Crippen LogP contribution in [0.15, 0.2) is 47.4 Å². The quantitative estimate of drug-likeness (QED) is 0.470. The number of halogens is 2. The number of hydrogen-bond donors (Lipinski definition) is 1. The van der Waals surface area contributed by atoms with Crippen molar-refractivity contribution in [1.29, 1.82) is 0 Å². The molecule has 1 aliphatic rings. The summed E-state index contributed by atoms with van der Waals surface area (Å²) < 4.78 is 84.1. The maximum absolute atomic E-state index is 13.6. The van der Waals surface area contributed by atoms with Crippen molar-refractivity contribution in [2.75, 3.05) is 36.8 Å². The molecule has 1 atom stereocenters. The third-order valence-corrected chi connectivity index (χ3v) is 8.60. The van der Waals surface area contributed by atoms with Crippen molar-refractivity contribution in [1.82, 2.24) is 9.62 Å². The lowest BCUT2D eigenvalue weighted by Crippen LogP contribution is -2.48. The molecule has 0 aliphatic carbocycles. The number of nitrogens with zero attached hydrogens (tertiary/aromatic N) is 2. The molecule has 192 valence electrons. The Kier molecular flexibility index (Phi) is 8.34. The van der Waals surface area contributed by atoms with Crippen molar-refractivity contribution in [3.8, 4) is 5.75 Å². The van der Waals surface area contributed by atoms with E-state index in [1.165, 1.54) is 35.5 Å². The molecule has 13 heteroatoms. The van der Waals surface area contributed by atoms with E-state index in [4.69, 9.17) is 4.74 Å². The van der Waals surface area contributed by atoms with Crippen LogP contribution >= 0.6 is 0 Å². The highest BCUT2D eigenvalue weighted by Gasteiger charge is 2.30. The van der Waals surface area contributed by atoms with E-state index in [0.29, 0.717) is 29.2 Å². The van der Waals surface area contributed by atoms with Crippen LogP contribution in [0.2, 0.25) is 0 Å². The van der Waals surface area contributed by atoms with Gasteiger partial charge in [0.15, 0.2) is 11.6 Å². The molecule has 0 unspecified atom stereocenters. The number of sulfonamides is 2. The molecule has 2 aromatic rings. The SMILES string of the molecule is C[C@@H](C(=O)NCCOc1ccc(S(=O)(=O)N2CCCC2)cc1)N(c1ccc(F)c(F)c1)S(C)(=O)=O. The molecule has 1 heterocycles. The van der Waals surface area contributed by atoms with Crippen LogP contribution in [0.25, 0.3) is 0 Å². The summed E-state index contributed by atoms with van der Waals surface area (Å²) in [6, 6.07) is 7.25. The summed E-state index contributed by atoms with van der Waals surface area (Å²) in [5, 5.41) is 2.53. The standard InChI is InChI=1S/C22H27F2N3O6S2/c1-16(27(34(2,29)30)17-5-10-20(23)21(24)15-17)22(28)25-11-14-33-18-6-8-19(9-7-18)35(31,32)26-12-3-4-13-26/h5-10,15-16H,3-4,11-14H2,1-2H3,(H,25,28)/t16-/m0/s1. The third-order valence-electron chi connectivity index (χ3n) is 5.44. The van der Waals surface area contributed by atoms with E-state index < -0.39 is 43.6 Å². The van der Waals surface area contributed by atoms with Crippen molar-refractivity contribution < 1.29 is 35.1 Å². The van der Waals surface area contributed by atoms with Crippen LogP contribution in [0, 0.1) is 11.6 Å². The molecule has 1 aliphatic heterocycles. The van der Waals surface area contributed by atoms with Gasteiger partial charge in [0.05, 0.1) is 23.4 Å². The van der Waals surface area contributed by atoms with Crippen molar-refractivity contribution in [3.05, 3.63) is 54.1 Å². The van der Waals surface area contributed by atoms with Gasteiger partial charge in [-0.05, 0) is 56.2 Å². The fourth-order valence-corrected chi connectivity index (χ4v) is 6.39. The third kappa shape index (κ3) is 6.47. The summed E-state index contributed by atoms with van der Waals surface area (Å²) in [5.41, 5.74) is -0.186. The van der Waals surface area contributed by atoms with Crippen LogP contribution in [0.3, 0.4) is 0 Å². The summed E-state index contributed by atoms with van der Waals surface area (Å²) in [5.74, 6) is -2.66. The largest absolute Gasteiger partial charge is 0.492 e. The monoisotopic (exact) mass is 531 g/mol. The van der Waals surface area contributed by atoms with Gasteiger partial charge in [0.2, 0.25) is 26.0 Å². The molecule has 1 fully saturated rings. The van der Waals surface area contributed by atoms with Crippen molar-refractivity contribution in [2.24, 2.45) is 0 Å². The highest BCUT2D eigenvalue weighted by molar-refractivity contribution is 7.92. The van der Waals surface area contributed by atoms with E-state index in [2.05, 4.69) is 5.32 Å². The summed E-state index contributed by atoms with van der Waals surface area (Å²) in [7, 11) is -7.52. The van der Waals surface area contributed by atoms with Gasteiger partial charge < -0.3 is 10.1 Å². The highest BCUT2D eigenvalue weighted by Crippen LogP contribution is 2.24. The minimum absolute atomic E-state index is 0.0202. The number of nitrogens with one attached hydrogen (secondary N) is 1. The van der Waals surface area contributed by atoms with Gasteiger partial charge in [-0.3, -0.25) is 9.10 Å². The molecule has 1 amide bonds. The smallest absolute Gasteiger partial charge is 0.243 e. The van der Waals surface area contributed by atoms with E-state index in [1.807, 2.05) is 0 Å². The zero-order chi connectivity index (χ0) is 25.8. The molecule has 0 spiro atoms. The molecule has 3 rings (SSSR count). The summed E-state index contributed by atoms with van der Waals surface area (Å²) in [4.78, 5) is 12.7. The fraction of sp³-hybridized carbons (Fsp3) is 0.409.